The van der Waals surface area contributed by atoms with Gasteiger partial charge >= 0.3 is 5.97 Å². The van der Waals surface area contributed by atoms with E-state index in [9.17, 15) is 9.59 Å². The van der Waals surface area contributed by atoms with Crippen LogP contribution in [0.2, 0.25) is 0 Å². The van der Waals surface area contributed by atoms with E-state index in [4.69, 9.17) is 10.1 Å². The second-order valence-corrected chi connectivity index (χ2v) is 7.20. The van der Waals surface area contributed by atoms with Crippen LogP contribution in [0.5, 0.6) is 0 Å². The molecule has 0 spiro atoms. The van der Waals surface area contributed by atoms with Crippen molar-refractivity contribution in [3.63, 3.8) is 0 Å². The number of aliphatic carboxylic acids is 1. The van der Waals surface area contributed by atoms with Crippen molar-refractivity contribution in [3.8, 4) is 21.0 Å². The Morgan fingerprint density at radius 2 is 1.74 bits per heavy atom. The molecule has 0 aliphatic carbocycles. The van der Waals surface area contributed by atoms with Gasteiger partial charge < -0.3 is 10.4 Å². The molecule has 3 rings (SSSR count). The number of hydrogen-bond donors (Lipinski definition) is 2. The summed E-state index contributed by atoms with van der Waals surface area (Å²) in [7, 11) is 0. The molecule has 2 aromatic carbocycles. The molecule has 0 radical (unpaired) electrons. The maximum Gasteiger partial charge on any atom is 0.305 e. The standard InChI is InChI=1S/C21H20N2O3S/c1-14-7-9-15(10-8-14)20-17(13-18(24)22-12-11-19(25)26)23-21(27-20)16-5-3-2-4-6-16/h2-10H,11-13H2,1H3,(H,22,24)(H,25,26). The first kappa shape index (κ1) is 18.8. The molecule has 0 aliphatic rings. The fraction of sp³-hybridized carbons (Fsp3) is 0.190. The SMILES string of the molecule is Cc1ccc(-c2sc(-c3ccccc3)nc2CC(=O)NCCC(=O)O)cc1. The number of rotatable bonds is 7. The van der Waals surface area contributed by atoms with E-state index in [2.05, 4.69) is 5.32 Å². The summed E-state index contributed by atoms with van der Waals surface area (Å²) < 4.78 is 0. The first-order valence-electron chi connectivity index (χ1n) is 8.63. The first-order chi connectivity index (χ1) is 13.0. The molecule has 0 unspecified atom stereocenters. The molecular weight excluding hydrogens is 360 g/mol. The van der Waals surface area contributed by atoms with Crippen molar-refractivity contribution < 1.29 is 14.7 Å². The molecular formula is C21H20N2O3S. The Morgan fingerprint density at radius 1 is 1.04 bits per heavy atom. The Hall–Kier alpha value is -2.99. The molecule has 0 aliphatic heterocycles. The van der Waals surface area contributed by atoms with Crippen LogP contribution in [0.1, 0.15) is 17.7 Å². The number of carbonyl (C=O) groups excluding carboxylic acids is 1. The molecule has 0 saturated carbocycles. The van der Waals surface area contributed by atoms with Gasteiger partial charge in [0.05, 0.1) is 23.4 Å². The van der Waals surface area contributed by atoms with Crippen LogP contribution in [0.4, 0.5) is 0 Å². The molecule has 1 heterocycles. The molecule has 0 saturated heterocycles. The van der Waals surface area contributed by atoms with Crippen LogP contribution in [0, 0.1) is 6.92 Å². The van der Waals surface area contributed by atoms with Gasteiger partial charge in [0.2, 0.25) is 5.91 Å². The Kier molecular flexibility index (Phi) is 5.98. The molecule has 6 heteroatoms. The minimum absolute atomic E-state index is 0.0944. The molecule has 2 N–H and O–H groups in total. The van der Waals surface area contributed by atoms with Crippen LogP contribution < -0.4 is 5.32 Å². The van der Waals surface area contributed by atoms with Gasteiger partial charge in [-0.25, -0.2) is 4.98 Å². The molecule has 0 bridgehead atoms. The maximum absolute atomic E-state index is 12.2. The van der Waals surface area contributed by atoms with Crippen molar-refractivity contribution in [3.05, 3.63) is 65.9 Å². The zero-order valence-electron chi connectivity index (χ0n) is 14.9. The van der Waals surface area contributed by atoms with Crippen molar-refractivity contribution in [2.75, 3.05) is 6.54 Å². The van der Waals surface area contributed by atoms with Gasteiger partial charge in [0.15, 0.2) is 0 Å². The van der Waals surface area contributed by atoms with Crippen LogP contribution >= 0.6 is 11.3 Å². The van der Waals surface area contributed by atoms with Crippen LogP contribution in [0.15, 0.2) is 54.6 Å². The van der Waals surface area contributed by atoms with E-state index in [0.717, 1.165) is 21.0 Å². The molecule has 27 heavy (non-hydrogen) atoms. The Balaban J connectivity index is 1.88. The molecule has 1 amide bonds. The average Bonchev–Trinajstić information content (AvgIpc) is 3.06. The summed E-state index contributed by atoms with van der Waals surface area (Å²) >= 11 is 1.56. The Labute approximate surface area is 161 Å². The van der Waals surface area contributed by atoms with Crippen molar-refractivity contribution >= 4 is 23.2 Å². The Bertz CT molecular complexity index is 934. The number of aryl methyl sites for hydroxylation is 1. The summed E-state index contributed by atoms with van der Waals surface area (Å²) in [5, 5.41) is 12.2. The van der Waals surface area contributed by atoms with Crippen molar-refractivity contribution in [2.45, 2.75) is 19.8 Å². The maximum atomic E-state index is 12.2. The molecule has 0 atom stereocenters. The highest BCUT2D eigenvalue weighted by molar-refractivity contribution is 7.18. The van der Waals surface area contributed by atoms with Crippen molar-refractivity contribution in [2.24, 2.45) is 0 Å². The average molecular weight is 380 g/mol. The predicted molar refractivity (Wildman–Crippen MR) is 107 cm³/mol. The highest BCUT2D eigenvalue weighted by atomic mass is 32.1. The van der Waals surface area contributed by atoms with Gasteiger partial charge in [-0.2, -0.15) is 0 Å². The number of nitrogens with zero attached hydrogens (tertiary/aromatic N) is 1. The molecule has 3 aromatic rings. The lowest BCUT2D eigenvalue weighted by atomic mass is 10.1. The van der Waals surface area contributed by atoms with E-state index in [0.29, 0.717) is 5.69 Å². The number of nitrogens with one attached hydrogen (secondary N) is 1. The number of hydrogen-bond acceptors (Lipinski definition) is 4. The lowest BCUT2D eigenvalue weighted by molar-refractivity contribution is -0.136. The molecule has 138 valence electrons. The van der Waals surface area contributed by atoms with Gasteiger partial charge in [-0.3, -0.25) is 9.59 Å². The molecule has 1 aromatic heterocycles. The van der Waals surface area contributed by atoms with Crippen molar-refractivity contribution in [1.29, 1.82) is 0 Å². The number of carboxylic acids is 1. The zero-order chi connectivity index (χ0) is 19.2. The summed E-state index contributed by atoms with van der Waals surface area (Å²) in [6.07, 6.45) is 0.0229. The van der Waals surface area contributed by atoms with Gasteiger partial charge in [-0.1, -0.05) is 60.2 Å². The van der Waals surface area contributed by atoms with E-state index >= 15 is 0 Å². The minimum Gasteiger partial charge on any atom is -0.481 e. The van der Waals surface area contributed by atoms with Crippen LogP contribution in [0.3, 0.4) is 0 Å². The van der Waals surface area contributed by atoms with Gasteiger partial charge in [0, 0.05) is 12.1 Å². The van der Waals surface area contributed by atoms with E-state index in [-0.39, 0.29) is 25.3 Å². The number of carbonyl (C=O) groups is 2. The van der Waals surface area contributed by atoms with E-state index in [1.165, 1.54) is 5.56 Å². The zero-order valence-corrected chi connectivity index (χ0v) is 15.8. The second kappa shape index (κ2) is 8.60. The molecule has 0 fully saturated rings. The highest BCUT2D eigenvalue weighted by Gasteiger charge is 2.17. The fourth-order valence-corrected chi connectivity index (χ4v) is 3.72. The third-order valence-electron chi connectivity index (χ3n) is 4.02. The number of aromatic nitrogens is 1. The summed E-state index contributed by atoms with van der Waals surface area (Å²) in [5.41, 5.74) is 3.90. The van der Waals surface area contributed by atoms with E-state index < -0.39 is 5.97 Å². The lowest BCUT2D eigenvalue weighted by Gasteiger charge is -2.05. The van der Waals surface area contributed by atoms with Gasteiger partial charge in [-0.05, 0) is 12.5 Å². The predicted octanol–water partition coefficient (Wildman–Crippen LogP) is 3.92. The van der Waals surface area contributed by atoms with E-state index in [1.54, 1.807) is 11.3 Å². The number of thiazole rings is 1. The number of carboxylic acid groups (broad SMARTS) is 1. The van der Waals surface area contributed by atoms with Gasteiger partial charge in [-0.15, -0.1) is 11.3 Å². The largest absolute Gasteiger partial charge is 0.481 e. The van der Waals surface area contributed by atoms with Gasteiger partial charge in [0.25, 0.3) is 0 Å². The number of benzene rings is 2. The summed E-state index contributed by atoms with van der Waals surface area (Å²) in [4.78, 5) is 28.5. The highest BCUT2D eigenvalue weighted by Crippen LogP contribution is 2.35. The summed E-state index contributed by atoms with van der Waals surface area (Å²) in [6.45, 7) is 2.15. The lowest BCUT2D eigenvalue weighted by Crippen LogP contribution is -2.27. The summed E-state index contributed by atoms with van der Waals surface area (Å²) in [5.74, 6) is -1.16. The monoisotopic (exact) mass is 380 g/mol. The quantitative estimate of drug-likeness (QED) is 0.651. The smallest absolute Gasteiger partial charge is 0.305 e. The van der Waals surface area contributed by atoms with Crippen LogP contribution in [-0.2, 0) is 16.0 Å². The van der Waals surface area contributed by atoms with E-state index in [1.807, 2.05) is 61.5 Å². The minimum atomic E-state index is -0.935. The number of amides is 1. The second-order valence-electron chi connectivity index (χ2n) is 6.20. The van der Waals surface area contributed by atoms with Crippen molar-refractivity contribution in [1.82, 2.24) is 10.3 Å². The third kappa shape index (κ3) is 5.01. The third-order valence-corrected chi connectivity index (χ3v) is 5.22. The summed E-state index contributed by atoms with van der Waals surface area (Å²) in [6, 6.07) is 18.0. The van der Waals surface area contributed by atoms with Crippen LogP contribution in [-0.4, -0.2) is 28.5 Å². The van der Waals surface area contributed by atoms with Crippen LogP contribution in [0.25, 0.3) is 21.0 Å². The fourth-order valence-electron chi connectivity index (χ4n) is 2.63. The first-order valence-corrected chi connectivity index (χ1v) is 9.45. The van der Waals surface area contributed by atoms with Gasteiger partial charge in [0.1, 0.15) is 5.01 Å². The normalized spacial score (nSPS) is 10.6. The topological polar surface area (TPSA) is 79.3 Å². The molecule has 5 nitrogen and oxygen atoms in total. The Morgan fingerprint density at radius 3 is 2.41 bits per heavy atom.